The molecule has 184 valence electrons. The van der Waals surface area contributed by atoms with E-state index < -0.39 is 7.82 Å². The maximum atomic E-state index is 11.7. The van der Waals surface area contributed by atoms with Gasteiger partial charge in [-0.3, -0.25) is 13.8 Å². The number of phosphoric acid groups is 1. The first kappa shape index (κ1) is 30.3. The zero-order valence-corrected chi connectivity index (χ0v) is 21.2. The Morgan fingerprint density at radius 2 is 1.39 bits per heavy atom. The highest BCUT2D eigenvalue weighted by atomic mass is 31.2. The number of allylic oxidation sites excluding steroid dienone is 2. The number of nitrogens with zero attached hydrogens (tertiary/aromatic N) is 1. The van der Waals surface area contributed by atoms with E-state index in [1.54, 1.807) is 0 Å². The number of carbonyl (C=O) groups excluding carboxylic acids is 1. The molecule has 1 atom stereocenters. The van der Waals surface area contributed by atoms with Crippen LogP contribution in [0.25, 0.3) is 0 Å². The van der Waals surface area contributed by atoms with E-state index in [0.29, 0.717) is 17.4 Å². The minimum atomic E-state index is -4.10. The van der Waals surface area contributed by atoms with Crippen molar-refractivity contribution in [3.05, 3.63) is 12.2 Å². The molecule has 8 heteroatoms. The van der Waals surface area contributed by atoms with E-state index >= 15 is 0 Å². The highest BCUT2D eigenvalue weighted by molar-refractivity contribution is 7.47. The second kappa shape index (κ2) is 18.8. The summed E-state index contributed by atoms with van der Waals surface area (Å²) in [5, 5.41) is 0. The number of likely N-dealkylation sites (N-methyl/N-ethyl adjacent to an activating group) is 1. The first-order valence-corrected chi connectivity index (χ1v) is 13.4. The van der Waals surface area contributed by atoms with Gasteiger partial charge in [-0.2, -0.15) is 0 Å². The number of phosphoric ester groups is 1. The number of rotatable bonds is 21. The average Bonchev–Trinajstić information content (AvgIpc) is 2.67. The number of esters is 1. The van der Waals surface area contributed by atoms with Gasteiger partial charge in [0.2, 0.25) is 0 Å². The molecule has 0 rings (SSSR count). The van der Waals surface area contributed by atoms with Crippen molar-refractivity contribution in [3.63, 3.8) is 0 Å². The van der Waals surface area contributed by atoms with Crippen molar-refractivity contribution in [2.75, 3.05) is 47.5 Å². The molecular weight excluding hydrogens is 417 g/mol. The molecule has 31 heavy (non-hydrogen) atoms. The number of carbonyl (C=O) groups is 1. The molecule has 0 fully saturated rings. The maximum absolute atomic E-state index is 11.7. The van der Waals surface area contributed by atoms with Crippen molar-refractivity contribution >= 4 is 13.8 Å². The summed E-state index contributed by atoms with van der Waals surface area (Å²) in [6, 6.07) is 0. The van der Waals surface area contributed by atoms with Gasteiger partial charge in [-0.05, 0) is 32.1 Å². The van der Waals surface area contributed by atoms with Crippen molar-refractivity contribution in [2.45, 2.75) is 84.0 Å². The Hall–Kier alpha value is -0.720. The van der Waals surface area contributed by atoms with Crippen LogP contribution >= 0.6 is 7.82 Å². The van der Waals surface area contributed by atoms with Gasteiger partial charge in [0.15, 0.2) is 0 Å². The third-order valence-corrected chi connectivity index (χ3v) is 5.78. The first-order valence-electron chi connectivity index (χ1n) is 11.9. The average molecular weight is 465 g/mol. The van der Waals surface area contributed by atoms with Crippen LogP contribution in [0, 0.1) is 0 Å². The van der Waals surface area contributed by atoms with Crippen LogP contribution in [-0.4, -0.2) is 62.9 Å². The summed E-state index contributed by atoms with van der Waals surface area (Å²) in [5.41, 5.74) is 0. The Balaban J connectivity index is 3.50. The minimum Gasteiger partial charge on any atom is -0.463 e. The molecule has 1 unspecified atom stereocenters. The zero-order valence-electron chi connectivity index (χ0n) is 20.4. The van der Waals surface area contributed by atoms with E-state index in [2.05, 4.69) is 19.1 Å². The minimum absolute atomic E-state index is 0.0488. The lowest BCUT2D eigenvalue weighted by Gasteiger charge is -2.23. The standard InChI is InChI=1S/C23H46NO6P/c1-5-6-7-8-9-10-11-12-13-14-15-16-17-18-23(25)28-21-22-30-31(26,27)29-20-19-24(2,3)4/h10-11H,5-9,12-22H2,1-4H3/p+1/b11-10-. The van der Waals surface area contributed by atoms with E-state index in [1.165, 1.54) is 44.9 Å². The molecule has 7 nitrogen and oxygen atoms in total. The highest BCUT2D eigenvalue weighted by Gasteiger charge is 2.22. The molecule has 1 N–H and O–H groups in total. The second-order valence-electron chi connectivity index (χ2n) is 9.00. The van der Waals surface area contributed by atoms with Gasteiger partial charge < -0.3 is 14.1 Å². The predicted octanol–water partition coefficient (Wildman–Crippen LogP) is 5.63. The van der Waals surface area contributed by atoms with Crippen molar-refractivity contribution in [1.82, 2.24) is 0 Å². The number of hydrogen-bond acceptors (Lipinski definition) is 5. The smallest absolute Gasteiger partial charge is 0.463 e. The zero-order chi connectivity index (χ0) is 23.4. The van der Waals surface area contributed by atoms with Crippen molar-refractivity contribution in [1.29, 1.82) is 0 Å². The molecule has 0 aromatic carbocycles. The summed E-state index contributed by atoms with van der Waals surface area (Å²) in [4.78, 5) is 21.3. The molecule has 0 saturated carbocycles. The van der Waals surface area contributed by atoms with Gasteiger partial charge >= 0.3 is 13.8 Å². The molecule has 0 heterocycles. The molecule has 0 spiro atoms. The van der Waals surface area contributed by atoms with Crippen LogP contribution in [0.4, 0.5) is 0 Å². The highest BCUT2D eigenvalue weighted by Crippen LogP contribution is 2.42. The van der Waals surface area contributed by atoms with E-state index in [-0.39, 0.29) is 25.8 Å². The molecule has 0 aliphatic rings. The third-order valence-electron chi connectivity index (χ3n) is 4.76. The van der Waals surface area contributed by atoms with Crippen LogP contribution in [0.3, 0.4) is 0 Å². The maximum Gasteiger partial charge on any atom is 0.472 e. The molecule has 0 amide bonds. The summed E-state index contributed by atoms with van der Waals surface area (Å²) in [6.45, 7) is 2.73. The number of hydrogen-bond donors (Lipinski definition) is 1. The predicted molar refractivity (Wildman–Crippen MR) is 126 cm³/mol. The number of unbranched alkanes of at least 4 members (excludes halogenated alkanes) is 9. The molecule has 0 aliphatic heterocycles. The number of quaternary nitrogens is 1. The lowest BCUT2D eigenvalue weighted by Crippen LogP contribution is -2.37. The third kappa shape index (κ3) is 23.8. The van der Waals surface area contributed by atoms with E-state index in [1.807, 2.05) is 21.1 Å². The molecular formula is C23H47NO6P+. The lowest BCUT2D eigenvalue weighted by molar-refractivity contribution is -0.870. The van der Waals surface area contributed by atoms with Gasteiger partial charge in [-0.1, -0.05) is 57.6 Å². The Morgan fingerprint density at radius 1 is 0.839 bits per heavy atom. The summed E-state index contributed by atoms with van der Waals surface area (Å²) in [5.74, 6) is -0.298. The summed E-state index contributed by atoms with van der Waals surface area (Å²) >= 11 is 0. The number of ether oxygens (including phenoxy) is 1. The fourth-order valence-electron chi connectivity index (χ4n) is 2.83. The van der Waals surface area contributed by atoms with E-state index in [4.69, 9.17) is 13.8 Å². The van der Waals surface area contributed by atoms with Crippen LogP contribution in [0.2, 0.25) is 0 Å². The van der Waals surface area contributed by atoms with Crippen molar-refractivity contribution in [2.24, 2.45) is 0 Å². The molecule has 0 aromatic heterocycles. The Bertz CT molecular complexity index is 519. The fraction of sp³-hybridized carbons (Fsp3) is 0.870. The quantitative estimate of drug-likeness (QED) is 0.0780. The lowest BCUT2D eigenvalue weighted by atomic mass is 10.1. The van der Waals surface area contributed by atoms with E-state index in [9.17, 15) is 14.3 Å². The van der Waals surface area contributed by atoms with Gasteiger partial charge in [0.05, 0.1) is 27.7 Å². The normalized spacial score (nSPS) is 14.1. The van der Waals surface area contributed by atoms with Crippen LogP contribution in [0.5, 0.6) is 0 Å². The Kier molecular flexibility index (Phi) is 18.4. The van der Waals surface area contributed by atoms with Crippen LogP contribution in [-0.2, 0) is 23.1 Å². The molecule has 0 saturated heterocycles. The van der Waals surface area contributed by atoms with Gasteiger partial charge in [0, 0.05) is 6.42 Å². The van der Waals surface area contributed by atoms with Crippen LogP contribution < -0.4 is 0 Å². The first-order chi connectivity index (χ1) is 14.7. The molecule has 0 aliphatic carbocycles. The van der Waals surface area contributed by atoms with Crippen molar-refractivity contribution in [3.8, 4) is 0 Å². The van der Waals surface area contributed by atoms with E-state index in [0.717, 1.165) is 25.7 Å². The summed E-state index contributed by atoms with van der Waals surface area (Å²) in [6.07, 6.45) is 17.9. The summed E-state index contributed by atoms with van der Waals surface area (Å²) < 4.78 is 27.1. The van der Waals surface area contributed by atoms with Gasteiger partial charge in [0.25, 0.3) is 0 Å². The Labute approximate surface area is 190 Å². The molecule has 0 bridgehead atoms. The Morgan fingerprint density at radius 3 is 2.00 bits per heavy atom. The molecule has 0 radical (unpaired) electrons. The van der Waals surface area contributed by atoms with Crippen LogP contribution in [0.15, 0.2) is 12.2 Å². The van der Waals surface area contributed by atoms with Crippen molar-refractivity contribution < 1.29 is 32.5 Å². The van der Waals surface area contributed by atoms with Gasteiger partial charge in [-0.15, -0.1) is 0 Å². The van der Waals surface area contributed by atoms with Crippen LogP contribution in [0.1, 0.15) is 84.0 Å². The monoisotopic (exact) mass is 464 g/mol. The largest absolute Gasteiger partial charge is 0.472 e. The van der Waals surface area contributed by atoms with Gasteiger partial charge in [-0.25, -0.2) is 4.57 Å². The SMILES string of the molecule is CCCCCC/C=C\CCCCCCCC(=O)OCCOP(=O)(O)OCC[N+](C)(C)C. The second-order valence-corrected chi connectivity index (χ2v) is 10.5. The summed E-state index contributed by atoms with van der Waals surface area (Å²) in [7, 11) is 1.78. The van der Waals surface area contributed by atoms with Gasteiger partial charge in [0.1, 0.15) is 19.8 Å². The fourth-order valence-corrected chi connectivity index (χ4v) is 3.53. The topological polar surface area (TPSA) is 82.1 Å². The molecule has 0 aromatic rings.